The van der Waals surface area contributed by atoms with Crippen LogP contribution in [0.4, 0.5) is 43.4 Å². The number of fused-ring (bicyclic) bond motifs is 3. The van der Waals surface area contributed by atoms with Gasteiger partial charge in [0.2, 0.25) is 0 Å². The van der Waals surface area contributed by atoms with Crippen LogP contribution in [0.2, 0.25) is 0 Å². The minimum atomic E-state index is -5.15. The summed E-state index contributed by atoms with van der Waals surface area (Å²) in [5.41, 5.74) is 4.87. The number of alkyl halides is 6. The zero-order valence-corrected chi connectivity index (χ0v) is 27.3. The molecule has 0 amide bonds. The molecular formula is C44H28F6N2. The molecule has 8 rings (SSSR count). The highest BCUT2D eigenvalue weighted by Crippen LogP contribution is 2.43. The van der Waals surface area contributed by atoms with Crippen LogP contribution >= 0.6 is 0 Å². The van der Waals surface area contributed by atoms with Gasteiger partial charge in [-0.2, -0.15) is 26.3 Å². The molecule has 52 heavy (non-hydrogen) atoms. The van der Waals surface area contributed by atoms with E-state index in [1.165, 1.54) is 0 Å². The van der Waals surface area contributed by atoms with E-state index in [1.54, 1.807) is 24.3 Å². The van der Waals surface area contributed by atoms with Gasteiger partial charge in [0.25, 0.3) is 0 Å². The molecule has 8 aromatic rings. The van der Waals surface area contributed by atoms with E-state index < -0.39 is 23.5 Å². The lowest BCUT2D eigenvalue weighted by Crippen LogP contribution is -2.16. The van der Waals surface area contributed by atoms with Gasteiger partial charge in [0.15, 0.2) is 0 Å². The van der Waals surface area contributed by atoms with Crippen LogP contribution in [0.3, 0.4) is 0 Å². The van der Waals surface area contributed by atoms with E-state index in [2.05, 4.69) is 64.1 Å². The van der Waals surface area contributed by atoms with Crippen LogP contribution in [0.1, 0.15) is 11.1 Å². The van der Waals surface area contributed by atoms with Gasteiger partial charge in [-0.15, -0.1) is 0 Å². The van der Waals surface area contributed by atoms with Crippen molar-refractivity contribution >= 4 is 38.9 Å². The number of rotatable bonds is 6. The fourth-order valence-corrected chi connectivity index (χ4v) is 6.84. The molecule has 0 N–H and O–H groups in total. The molecule has 7 aromatic carbocycles. The van der Waals surface area contributed by atoms with Gasteiger partial charge in [0.1, 0.15) is 0 Å². The molecule has 0 saturated carbocycles. The van der Waals surface area contributed by atoms with E-state index >= 15 is 0 Å². The van der Waals surface area contributed by atoms with Crippen LogP contribution in [-0.4, -0.2) is 4.57 Å². The van der Waals surface area contributed by atoms with Gasteiger partial charge in [0, 0.05) is 33.5 Å². The average Bonchev–Trinajstić information content (AvgIpc) is 3.49. The van der Waals surface area contributed by atoms with Gasteiger partial charge in [-0.25, -0.2) is 0 Å². The molecule has 1 aromatic heterocycles. The second-order valence-corrected chi connectivity index (χ2v) is 12.4. The molecule has 0 radical (unpaired) electrons. The predicted molar refractivity (Wildman–Crippen MR) is 196 cm³/mol. The molecule has 0 aliphatic heterocycles. The summed E-state index contributed by atoms with van der Waals surface area (Å²) in [6.45, 7) is 0. The molecule has 2 nitrogen and oxygen atoms in total. The van der Waals surface area contributed by atoms with E-state index in [0.29, 0.717) is 17.7 Å². The molecule has 8 heteroatoms. The van der Waals surface area contributed by atoms with Gasteiger partial charge < -0.3 is 9.47 Å². The Hall–Kier alpha value is -6.28. The lowest BCUT2D eigenvalue weighted by molar-refractivity contribution is -0.162. The number of hydrogen-bond donors (Lipinski definition) is 0. The summed E-state index contributed by atoms with van der Waals surface area (Å²) in [7, 11) is 0. The Morgan fingerprint density at radius 1 is 0.365 bits per heavy atom. The first kappa shape index (κ1) is 32.9. The zero-order chi connectivity index (χ0) is 36.0. The Kier molecular flexibility index (Phi) is 8.10. The highest BCUT2D eigenvalue weighted by Gasteiger charge is 2.43. The van der Waals surface area contributed by atoms with Crippen molar-refractivity contribution in [2.24, 2.45) is 0 Å². The first-order chi connectivity index (χ1) is 25.1. The summed E-state index contributed by atoms with van der Waals surface area (Å²) in [6.07, 6.45) is -10.3. The average molecular weight is 699 g/mol. The van der Waals surface area contributed by atoms with Crippen molar-refractivity contribution in [3.05, 3.63) is 181 Å². The fraction of sp³-hybridized carbons (Fsp3) is 0.0455. The molecular weight excluding hydrogens is 670 g/mol. The molecule has 0 saturated heterocycles. The lowest BCUT2D eigenvalue weighted by atomic mass is 9.96. The molecule has 0 atom stereocenters. The smallest absolute Gasteiger partial charge is 0.310 e. The molecule has 0 bridgehead atoms. The van der Waals surface area contributed by atoms with Crippen LogP contribution in [-0.2, 0) is 12.4 Å². The van der Waals surface area contributed by atoms with Crippen LogP contribution < -0.4 is 4.90 Å². The van der Waals surface area contributed by atoms with Crippen LogP contribution in [0.5, 0.6) is 0 Å². The van der Waals surface area contributed by atoms with Crippen molar-refractivity contribution in [1.82, 2.24) is 4.57 Å². The second-order valence-electron chi connectivity index (χ2n) is 12.4. The predicted octanol–water partition coefficient (Wildman–Crippen LogP) is 13.6. The molecule has 256 valence electrons. The topological polar surface area (TPSA) is 8.17 Å². The van der Waals surface area contributed by atoms with Crippen molar-refractivity contribution < 1.29 is 26.3 Å². The third kappa shape index (κ3) is 6.06. The Balaban J connectivity index is 1.14. The van der Waals surface area contributed by atoms with E-state index in [4.69, 9.17) is 0 Å². The Morgan fingerprint density at radius 3 is 1.42 bits per heavy atom. The summed E-state index contributed by atoms with van der Waals surface area (Å²) >= 11 is 0. The third-order valence-corrected chi connectivity index (χ3v) is 9.25. The molecule has 1 heterocycles. The highest BCUT2D eigenvalue weighted by atomic mass is 19.4. The summed E-state index contributed by atoms with van der Waals surface area (Å²) in [6, 6.07) is 52.1. The van der Waals surface area contributed by atoms with E-state index in [9.17, 15) is 26.3 Å². The van der Waals surface area contributed by atoms with Crippen LogP contribution in [0.15, 0.2) is 170 Å². The van der Waals surface area contributed by atoms with E-state index in [-0.39, 0.29) is 5.56 Å². The standard InChI is InChI=1S/C44H28F6N2/c45-43(46,47)39-25-21-32(27-40(39)44(48,49)50)31-17-15-29(16-18-31)30-19-22-35(23-20-30)52-41-14-8-7-13-37(41)38-28-36(24-26-42(38)52)51(33-9-3-1-4-10-33)34-11-5-2-6-12-34/h1-28H. The fourth-order valence-electron chi connectivity index (χ4n) is 6.84. The monoisotopic (exact) mass is 698 g/mol. The van der Waals surface area contributed by atoms with Crippen LogP contribution in [0.25, 0.3) is 49.7 Å². The first-order valence-electron chi connectivity index (χ1n) is 16.5. The normalized spacial score (nSPS) is 12.0. The van der Waals surface area contributed by atoms with Crippen molar-refractivity contribution in [3.8, 4) is 27.9 Å². The van der Waals surface area contributed by atoms with Gasteiger partial charge in [-0.1, -0.05) is 97.1 Å². The zero-order valence-electron chi connectivity index (χ0n) is 27.3. The Morgan fingerprint density at radius 2 is 0.846 bits per heavy atom. The Bertz CT molecular complexity index is 2480. The summed E-state index contributed by atoms with van der Waals surface area (Å²) in [5, 5.41) is 2.21. The van der Waals surface area contributed by atoms with Crippen molar-refractivity contribution in [2.75, 3.05) is 4.90 Å². The maximum absolute atomic E-state index is 13.5. The largest absolute Gasteiger partial charge is 0.417 e. The third-order valence-electron chi connectivity index (χ3n) is 9.25. The van der Waals surface area contributed by atoms with E-state index in [1.807, 2.05) is 72.8 Å². The SMILES string of the molecule is FC(F)(F)c1ccc(-c2ccc(-c3ccc(-n4c5ccccc5c5cc(N(c6ccccc6)c6ccccc6)ccc54)cc3)cc2)cc1C(F)(F)F. The minimum absolute atomic E-state index is 0.0485. The van der Waals surface area contributed by atoms with Crippen molar-refractivity contribution in [1.29, 1.82) is 0 Å². The quantitative estimate of drug-likeness (QED) is 0.157. The molecule has 0 spiro atoms. The number of anilines is 3. The summed E-state index contributed by atoms with van der Waals surface area (Å²) < 4.78 is 82.7. The van der Waals surface area contributed by atoms with Gasteiger partial charge in [0.05, 0.1) is 22.2 Å². The van der Waals surface area contributed by atoms with Gasteiger partial charge >= 0.3 is 12.4 Å². The maximum Gasteiger partial charge on any atom is 0.417 e. The molecule has 0 unspecified atom stereocenters. The number of para-hydroxylation sites is 3. The Labute approximate surface area is 295 Å². The highest BCUT2D eigenvalue weighted by molar-refractivity contribution is 6.10. The molecule has 0 fully saturated rings. The number of nitrogens with zero attached hydrogens (tertiary/aromatic N) is 2. The molecule has 0 aliphatic rings. The maximum atomic E-state index is 13.5. The van der Waals surface area contributed by atoms with Crippen molar-refractivity contribution in [2.45, 2.75) is 12.4 Å². The summed E-state index contributed by atoms with van der Waals surface area (Å²) in [4.78, 5) is 2.23. The number of hydrogen-bond acceptors (Lipinski definition) is 1. The van der Waals surface area contributed by atoms with Crippen LogP contribution in [0, 0.1) is 0 Å². The first-order valence-corrected chi connectivity index (χ1v) is 16.5. The summed E-state index contributed by atoms with van der Waals surface area (Å²) in [5.74, 6) is 0. The van der Waals surface area contributed by atoms with E-state index in [0.717, 1.165) is 61.7 Å². The number of aromatic nitrogens is 1. The minimum Gasteiger partial charge on any atom is -0.310 e. The van der Waals surface area contributed by atoms with Gasteiger partial charge in [-0.3, -0.25) is 0 Å². The number of halogens is 6. The molecule has 0 aliphatic carbocycles. The van der Waals surface area contributed by atoms with Gasteiger partial charge in [-0.05, 0) is 95.1 Å². The second kappa shape index (κ2) is 12.8. The lowest BCUT2D eigenvalue weighted by Gasteiger charge is -2.25. The van der Waals surface area contributed by atoms with Crippen molar-refractivity contribution in [3.63, 3.8) is 0 Å². The number of benzene rings is 7.